The van der Waals surface area contributed by atoms with Gasteiger partial charge in [-0.2, -0.15) is 5.26 Å². The molecule has 0 aliphatic rings. The number of nitriles is 1. The van der Waals surface area contributed by atoms with Crippen molar-refractivity contribution in [1.82, 2.24) is 19.7 Å². The molecule has 0 atom stereocenters. The number of aromatic amines is 1. The van der Waals surface area contributed by atoms with Gasteiger partial charge in [-0.25, -0.2) is 24.2 Å². The standard InChI is InChI=1S/C12H14N2O4S.C9H10N4OS/c1-16-11(15)8-5-7(6-13)10(19-4)14-9(8)12(17-2)18-3;10-6-15-9-12-11-8(14)13(9)7-4-2-1-3-5-7/h5,12H,1-4H3;1-5H,6,10H2,(H,11,14). The molecule has 1 aromatic carbocycles. The Bertz CT molecular complexity index is 1190. The second-order valence-electron chi connectivity index (χ2n) is 6.18. The van der Waals surface area contributed by atoms with Crippen LogP contribution in [0.15, 0.2) is 51.4 Å². The van der Waals surface area contributed by atoms with Crippen molar-refractivity contribution in [2.75, 3.05) is 33.5 Å². The number of para-hydroxylation sites is 1. The number of aromatic nitrogens is 4. The van der Waals surface area contributed by atoms with Gasteiger partial charge in [-0.3, -0.25) is 0 Å². The fraction of sp³-hybridized carbons (Fsp3) is 0.286. The zero-order valence-electron chi connectivity index (χ0n) is 19.0. The summed E-state index contributed by atoms with van der Waals surface area (Å²) >= 11 is 2.62. The maximum absolute atomic E-state index is 11.7. The second kappa shape index (κ2) is 13.5. The van der Waals surface area contributed by atoms with E-state index < -0.39 is 12.3 Å². The van der Waals surface area contributed by atoms with Crippen LogP contribution in [-0.2, 0) is 14.2 Å². The fourth-order valence-electron chi connectivity index (χ4n) is 2.78. The first-order valence-corrected chi connectivity index (χ1v) is 11.8. The zero-order valence-corrected chi connectivity index (χ0v) is 20.6. The number of ether oxygens (including phenoxy) is 3. The first-order chi connectivity index (χ1) is 16.4. The summed E-state index contributed by atoms with van der Waals surface area (Å²) in [6.45, 7) is 0. The maximum atomic E-state index is 11.7. The molecular formula is C21H24N6O5S2. The topological polar surface area (TPSA) is 158 Å². The van der Waals surface area contributed by atoms with Crippen LogP contribution in [0.3, 0.4) is 0 Å². The van der Waals surface area contributed by atoms with Gasteiger partial charge in [0.2, 0.25) is 6.29 Å². The normalized spacial score (nSPS) is 10.4. The highest BCUT2D eigenvalue weighted by Gasteiger charge is 2.24. The summed E-state index contributed by atoms with van der Waals surface area (Å²) in [4.78, 5) is 27.5. The molecule has 13 heteroatoms. The van der Waals surface area contributed by atoms with Crippen molar-refractivity contribution in [2.24, 2.45) is 5.73 Å². The molecule has 0 aliphatic heterocycles. The second-order valence-corrected chi connectivity index (χ2v) is 7.96. The summed E-state index contributed by atoms with van der Waals surface area (Å²) in [5.41, 5.74) is 6.70. The number of rotatable bonds is 8. The molecule has 0 saturated carbocycles. The van der Waals surface area contributed by atoms with Gasteiger partial charge in [-0.15, -0.1) is 16.9 Å². The molecule has 0 bridgehead atoms. The fourth-order valence-corrected chi connectivity index (χ4v) is 3.87. The number of carbonyl (C=O) groups is 1. The predicted molar refractivity (Wildman–Crippen MR) is 128 cm³/mol. The first kappa shape index (κ1) is 27.1. The van der Waals surface area contributed by atoms with Gasteiger partial charge in [-0.05, 0) is 24.5 Å². The van der Waals surface area contributed by atoms with Crippen molar-refractivity contribution in [2.45, 2.75) is 16.5 Å². The van der Waals surface area contributed by atoms with Gasteiger partial charge >= 0.3 is 11.7 Å². The Morgan fingerprint density at radius 2 is 1.94 bits per heavy atom. The number of nitrogens with two attached hydrogens (primary N) is 1. The molecule has 34 heavy (non-hydrogen) atoms. The number of nitrogens with zero attached hydrogens (tertiary/aromatic N) is 4. The molecule has 0 saturated heterocycles. The monoisotopic (exact) mass is 504 g/mol. The van der Waals surface area contributed by atoms with Crippen molar-refractivity contribution in [1.29, 1.82) is 5.26 Å². The summed E-state index contributed by atoms with van der Waals surface area (Å²) in [5.74, 6) is -0.206. The predicted octanol–water partition coefficient (Wildman–Crippen LogP) is 2.32. The lowest BCUT2D eigenvalue weighted by Crippen LogP contribution is -2.15. The molecule has 2 aromatic heterocycles. The lowest BCUT2D eigenvalue weighted by atomic mass is 10.1. The van der Waals surface area contributed by atoms with Crippen molar-refractivity contribution in [3.8, 4) is 11.8 Å². The number of esters is 1. The van der Waals surface area contributed by atoms with E-state index in [2.05, 4.69) is 19.9 Å². The minimum atomic E-state index is -0.798. The number of benzene rings is 1. The van der Waals surface area contributed by atoms with E-state index in [1.165, 1.54) is 55.5 Å². The van der Waals surface area contributed by atoms with E-state index in [1.807, 2.05) is 36.4 Å². The lowest BCUT2D eigenvalue weighted by molar-refractivity contribution is -0.109. The van der Waals surface area contributed by atoms with E-state index in [-0.39, 0.29) is 11.3 Å². The molecule has 3 N–H and O–H groups in total. The summed E-state index contributed by atoms with van der Waals surface area (Å²) in [6.07, 6.45) is 0.993. The first-order valence-electron chi connectivity index (χ1n) is 9.64. The van der Waals surface area contributed by atoms with Crippen LogP contribution in [0.25, 0.3) is 5.69 Å². The summed E-state index contributed by atoms with van der Waals surface area (Å²) < 4.78 is 16.4. The van der Waals surface area contributed by atoms with Crippen molar-refractivity contribution < 1.29 is 19.0 Å². The Kier molecular flexibility index (Phi) is 10.8. The van der Waals surface area contributed by atoms with Crippen LogP contribution in [0, 0.1) is 11.3 Å². The number of carbonyl (C=O) groups excluding carboxylic acids is 1. The molecule has 180 valence electrons. The van der Waals surface area contributed by atoms with Crippen molar-refractivity contribution >= 4 is 29.5 Å². The molecule has 0 radical (unpaired) electrons. The molecule has 3 rings (SSSR count). The number of methoxy groups -OCH3 is 3. The van der Waals surface area contributed by atoms with E-state index in [0.29, 0.717) is 27.3 Å². The van der Waals surface area contributed by atoms with Crippen LogP contribution in [0.4, 0.5) is 0 Å². The van der Waals surface area contributed by atoms with Crippen LogP contribution in [-0.4, -0.2) is 59.2 Å². The smallest absolute Gasteiger partial charge is 0.348 e. The quantitative estimate of drug-likeness (QED) is 0.263. The summed E-state index contributed by atoms with van der Waals surface area (Å²) in [7, 11) is 4.14. The van der Waals surface area contributed by atoms with Gasteiger partial charge < -0.3 is 19.9 Å². The van der Waals surface area contributed by atoms with Gasteiger partial charge in [0.25, 0.3) is 0 Å². The van der Waals surface area contributed by atoms with E-state index in [9.17, 15) is 9.59 Å². The lowest BCUT2D eigenvalue weighted by Gasteiger charge is -2.17. The molecule has 3 aromatic rings. The van der Waals surface area contributed by atoms with E-state index in [1.54, 1.807) is 6.26 Å². The van der Waals surface area contributed by atoms with Gasteiger partial charge in [0.05, 0.1) is 23.9 Å². The Morgan fingerprint density at radius 3 is 2.47 bits per heavy atom. The third kappa shape index (κ3) is 6.46. The van der Waals surface area contributed by atoms with Gasteiger partial charge in [0, 0.05) is 20.1 Å². The van der Waals surface area contributed by atoms with Crippen molar-refractivity contribution in [3.05, 3.63) is 63.7 Å². The maximum Gasteiger partial charge on any atom is 0.348 e. The molecule has 0 aliphatic carbocycles. The van der Waals surface area contributed by atoms with E-state index in [0.717, 1.165) is 5.69 Å². The molecule has 0 unspecified atom stereocenters. The number of H-pyrrole nitrogens is 1. The Morgan fingerprint density at radius 1 is 1.26 bits per heavy atom. The molecule has 11 nitrogen and oxygen atoms in total. The summed E-state index contributed by atoms with van der Waals surface area (Å²) in [6, 6.07) is 12.7. The average molecular weight is 505 g/mol. The highest BCUT2D eigenvalue weighted by atomic mass is 32.2. The summed E-state index contributed by atoms with van der Waals surface area (Å²) in [5, 5.41) is 16.4. The van der Waals surface area contributed by atoms with Crippen LogP contribution in [0.2, 0.25) is 0 Å². The molecule has 0 spiro atoms. The third-order valence-corrected chi connectivity index (χ3v) is 5.65. The molecule has 0 fully saturated rings. The Hall–Kier alpha value is -3.15. The highest BCUT2D eigenvalue weighted by molar-refractivity contribution is 7.99. The number of pyridine rings is 1. The number of hydrogen-bond acceptors (Lipinski definition) is 11. The number of thioether (sulfide) groups is 2. The molecule has 0 amide bonds. The molecular weight excluding hydrogens is 480 g/mol. The number of hydrogen-bond donors (Lipinski definition) is 2. The van der Waals surface area contributed by atoms with Crippen molar-refractivity contribution in [3.63, 3.8) is 0 Å². The van der Waals surface area contributed by atoms with Crippen LogP contribution in [0.1, 0.15) is 27.9 Å². The van der Waals surface area contributed by atoms with Crippen LogP contribution < -0.4 is 11.4 Å². The largest absolute Gasteiger partial charge is 0.465 e. The third-order valence-electron chi connectivity index (χ3n) is 4.26. The minimum absolute atomic E-state index is 0.158. The molecule has 2 heterocycles. The van der Waals surface area contributed by atoms with E-state index >= 15 is 0 Å². The number of nitrogens with one attached hydrogen (secondary N) is 1. The van der Waals surface area contributed by atoms with Gasteiger partial charge in [0.1, 0.15) is 16.8 Å². The van der Waals surface area contributed by atoms with Gasteiger partial charge in [0.15, 0.2) is 5.16 Å². The van der Waals surface area contributed by atoms with Crippen LogP contribution in [0.5, 0.6) is 0 Å². The minimum Gasteiger partial charge on any atom is -0.465 e. The zero-order chi connectivity index (χ0) is 25.1. The SMILES string of the molecule is COC(=O)c1cc(C#N)c(SC)nc1C(OC)OC.NCSc1n[nH]c(=O)n1-c1ccccc1. The van der Waals surface area contributed by atoms with Crippen LogP contribution >= 0.6 is 23.5 Å². The average Bonchev–Trinajstić information content (AvgIpc) is 3.24. The Labute approximate surface area is 204 Å². The Balaban J connectivity index is 0.000000246. The van der Waals surface area contributed by atoms with E-state index in [4.69, 9.17) is 20.5 Å². The van der Waals surface area contributed by atoms with Gasteiger partial charge in [-0.1, -0.05) is 30.0 Å². The highest BCUT2D eigenvalue weighted by Crippen LogP contribution is 2.27.